The van der Waals surface area contributed by atoms with Crippen LogP contribution in [0.1, 0.15) is 44.2 Å². The molecule has 0 amide bonds. The minimum atomic E-state index is -2.94. The van der Waals surface area contributed by atoms with Gasteiger partial charge >= 0.3 is 0 Å². The van der Waals surface area contributed by atoms with E-state index < -0.39 is 9.84 Å². The predicted molar refractivity (Wildman–Crippen MR) is 103 cm³/mol. The molecular weight excluding hydrogens is 322 g/mol. The van der Waals surface area contributed by atoms with E-state index in [4.69, 9.17) is 0 Å². The summed E-state index contributed by atoms with van der Waals surface area (Å²) in [4.78, 5) is 4.11. The molecule has 0 aliphatic rings. The molecule has 136 valence electrons. The number of nitrogens with one attached hydrogen (secondary N) is 2. The smallest absolute Gasteiger partial charge is 0.191 e. The standard InChI is InChI=1S/C18H31N3O2S/c1-5-24(22,23)14-13-21-18(19-4)20-12-6-7-16-8-10-17(11-9-16)15(2)3/h8-11,15H,5-7,12-14H2,1-4H3,(H2,19,20,21). The molecule has 0 spiro atoms. The van der Waals surface area contributed by atoms with Crippen LogP contribution in [0.3, 0.4) is 0 Å². The fourth-order valence-electron chi connectivity index (χ4n) is 2.26. The maximum absolute atomic E-state index is 11.5. The van der Waals surface area contributed by atoms with Crippen molar-refractivity contribution in [3.63, 3.8) is 0 Å². The molecule has 0 saturated heterocycles. The molecule has 1 rings (SSSR count). The molecule has 0 saturated carbocycles. The maximum Gasteiger partial charge on any atom is 0.191 e. The number of sulfone groups is 1. The second-order valence-corrected chi connectivity index (χ2v) is 8.63. The van der Waals surface area contributed by atoms with Crippen molar-refractivity contribution < 1.29 is 8.42 Å². The quantitative estimate of drug-likeness (QED) is 0.406. The Balaban J connectivity index is 2.27. The van der Waals surface area contributed by atoms with Crippen molar-refractivity contribution in [2.75, 3.05) is 31.6 Å². The van der Waals surface area contributed by atoms with E-state index in [0.717, 1.165) is 19.4 Å². The second kappa shape index (κ2) is 10.3. The van der Waals surface area contributed by atoms with E-state index in [1.165, 1.54) is 11.1 Å². The van der Waals surface area contributed by atoms with E-state index in [2.05, 4.69) is 53.7 Å². The molecule has 0 bridgehead atoms. The summed E-state index contributed by atoms with van der Waals surface area (Å²) in [5.41, 5.74) is 2.70. The molecule has 1 aromatic carbocycles. The fraction of sp³-hybridized carbons (Fsp3) is 0.611. The Hall–Kier alpha value is -1.56. The summed E-state index contributed by atoms with van der Waals surface area (Å²) in [6.45, 7) is 7.24. The van der Waals surface area contributed by atoms with Crippen LogP contribution in [0.5, 0.6) is 0 Å². The first-order valence-corrected chi connectivity index (χ1v) is 10.4. The molecule has 0 heterocycles. The zero-order valence-corrected chi connectivity index (χ0v) is 16.1. The molecular formula is C18H31N3O2S. The number of aryl methyl sites for hydroxylation is 1. The lowest BCUT2D eigenvalue weighted by molar-refractivity contribution is 0.595. The summed E-state index contributed by atoms with van der Waals surface area (Å²) in [5, 5.41) is 6.26. The molecule has 5 nitrogen and oxygen atoms in total. The van der Waals surface area contributed by atoms with Gasteiger partial charge in [-0.3, -0.25) is 4.99 Å². The molecule has 0 aliphatic carbocycles. The minimum Gasteiger partial charge on any atom is -0.356 e. The van der Waals surface area contributed by atoms with Crippen molar-refractivity contribution in [2.45, 2.75) is 39.5 Å². The van der Waals surface area contributed by atoms with Gasteiger partial charge in [-0.2, -0.15) is 0 Å². The van der Waals surface area contributed by atoms with Gasteiger partial charge in [0, 0.05) is 25.9 Å². The molecule has 6 heteroatoms. The lowest BCUT2D eigenvalue weighted by Gasteiger charge is -2.12. The van der Waals surface area contributed by atoms with Gasteiger partial charge in [-0.15, -0.1) is 0 Å². The SMILES string of the molecule is CCS(=O)(=O)CCNC(=NC)NCCCc1ccc(C(C)C)cc1. The van der Waals surface area contributed by atoms with Crippen molar-refractivity contribution in [1.29, 1.82) is 0 Å². The van der Waals surface area contributed by atoms with Crippen molar-refractivity contribution in [2.24, 2.45) is 4.99 Å². The molecule has 1 aromatic rings. The number of hydrogen-bond acceptors (Lipinski definition) is 3. The van der Waals surface area contributed by atoms with E-state index in [1.54, 1.807) is 14.0 Å². The minimum absolute atomic E-state index is 0.131. The fourth-order valence-corrected chi connectivity index (χ4v) is 2.96. The molecule has 0 unspecified atom stereocenters. The average molecular weight is 354 g/mol. The Kier molecular flexibility index (Phi) is 8.82. The van der Waals surface area contributed by atoms with Crippen LogP contribution in [0.15, 0.2) is 29.3 Å². The van der Waals surface area contributed by atoms with Crippen LogP contribution in [-0.4, -0.2) is 46.0 Å². The number of hydrogen-bond donors (Lipinski definition) is 2. The summed E-state index contributed by atoms with van der Waals surface area (Å²) in [6.07, 6.45) is 2.00. The lowest BCUT2D eigenvalue weighted by Crippen LogP contribution is -2.40. The van der Waals surface area contributed by atoms with Gasteiger partial charge in [0.15, 0.2) is 15.8 Å². The molecule has 0 fully saturated rings. The van der Waals surface area contributed by atoms with Gasteiger partial charge in [0.2, 0.25) is 0 Å². The van der Waals surface area contributed by atoms with Crippen LogP contribution in [0.2, 0.25) is 0 Å². The molecule has 0 radical (unpaired) electrons. The van der Waals surface area contributed by atoms with Gasteiger partial charge in [0.05, 0.1) is 5.75 Å². The number of benzene rings is 1. The Labute approximate surface area is 146 Å². The zero-order valence-electron chi connectivity index (χ0n) is 15.3. The number of guanidine groups is 1. The summed E-state index contributed by atoms with van der Waals surface area (Å²) < 4.78 is 22.9. The monoisotopic (exact) mass is 353 g/mol. The Bertz CT molecular complexity index is 608. The first-order chi connectivity index (χ1) is 11.4. The highest BCUT2D eigenvalue weighted by Gasteiger charge is 2.07. The van der Waals surface area contributed by atoms with Crippen molar-refractivity contribution >= 4 is 15.8 Å². The highest BCUT2D eigenvalue weighted by atomic mass is 32.2. The third-order valence-electron chi connectivity index (χ3n) is 3.95. The van der Waals surface area contributed by atoms with Crippen LogP contribution in [-0.2, 0) is 16.3 Å². The summed E-state index contributed by atoms with van der Waals surface area (Å²) in [6, 6.07) is 8.78. The largest absolute Gasteiger partial charge is 0.356 e. The predicted octanol–water partition coefficient (Wildman–Crippen LogP) is 2.34. The Morgan fingerprint density at radius 2 is 1.75 bits per heavy atom. The summed E-state index contributed by atoms with van der Waals surface area (Å²) in [5.74, 6) is 1.52. The van der Waals surface area contributed by atoms with Gasteiger partial charge in [-0.1, -0.05) is 45.0 Å². The van der Waals surface area contributed by atoms with Gasteiger partial charge in [-0.05, 0) is 29.9 Å². The molecule has 2 N–H and O–H groups in total. The van der Waals surface area contributed by atoms with Crippen LogP contribution in [0.25, 0.3) is 0 Å². The molecule has 24 heavy (non-hydrogen) atoms. The van der Waals surface area contributed by atoms with Crippen LogP contribution in [0.4, 0.5) is 0 Å². The van der Waals surface area contributed by atoms with Crippen molar-refractivity contribution in [3.8, 4) is 0 Å². The summed E-state index contributed by atoms with van der Waals surface area (Å²) >= 11 is 0. The van der Waals surface area contributed by atoms with Gasteiger partial charge in [-0.25, -0.2) is 8.42 Å². The van der Waals surface area contributed by atoms with Crippen molar-refractivity contribution in [3.05, 3.63) is 35.4 Å². The number of aliphatic imine (C=N–C) groups is 1. The normalized spacial score (nSPS) is 12.5. The third-order valence-corrected chi connectivity index (χ3v) is 5.66. The van der Waals surface area contributed by atoms with Gasteiger partial charge < -0.3 is 10.6 Å². The first-order valence-electron chi connectivity index (χ1n) is 8.61. The van der Waals surface area contributed by atoms with Crippen molar-refractivity contribution in [1.82, 2.24) is 10.6 Å². The van der Waals surface area contributed by atoms with E-state index >= 15 is 0 Å². The zero-order chi connectivity index (χ0) is 18.0. The lowest BCUT2D eigenvalue weighted by atomic mass is 10.0. The second-order valence-electron chi connectivity index (χ2n) is 6.16. The topological polar surface area (TPSA) is 70.6 Å². The number of nitrogens with zero attached hydrogens (tertiary/aromatic N) is 1. The average Bonchev–Trinajstić information content (AvgIpc) is 2.57. The maximum atomic E-state index is 11.5. The highest BCUT2D eigenvalue weighted by Crippen LogP contribution is 2.15. The molecule has 0 aliphatic heterocycles. The van der Waals surface area contributed by atoms with E-state index in [-0.39, 0.29) is 11.5 Å². The molecule has 0 atom stereocenters. The van der Waals surface area contributed by atoms with Crippen LogP contribution in [0, 0.1) is 0 Å². The molecule has 0 aromatic heterocycles. The van der Waals surface area contributed by atoms with Crippen LogP contribution >= 0.6 is 0 Å². The van der Waals surface area contributed by atoms with E-state index in [1.807, 2.05) is 0 Å². The van der Waals surface area contributed by atoms with Crippen LogP contribution < -0.4 is 10.6 Å². The first kappa shape index (κ1) is 20.5. The van der Waals surface area contributed by atoms with Gasteiger partial charge in [0.25, 0.3) is 0 Å². The third kappa shape index (κ3) is 7.81. The summed E-state index contributed by atoms with van der Waals surface area (Å²) in [7, 11) is -1.25. The highest BCUT2D eigenvalue weighted by molar-refractivity contribution is 7.91. The van der Waals surface area contributed by atoms with Gasteiger partial charge in [0.1, 0.15) is 0 Å². The number of rotatable bonds is 9. The van der Waals surface area contributed by atoms with E-state index in [0.29, 0.717) is 18.4 Å². The Morgan fingerprint density at radius 3 is 2.29 bits per heavy atom. The van der Waals surface area contributed by atoms with E-state index in [9.17, 15) is 8.42 Å². The Morgan fingerprint density at radius 1 is 1.12 bits per heavy atom.